The molecule has 0 spiro atoms. The summed E-state index contributed by atoms with van der Waals surface area (Å²) in [5.74, 6) is 0. The van der Waals surface area contributed by atoms with Crippen LogP contribution in [0.5, 0.6) is 0 Å². The molecule has 0 bridgehead atoms. The van der Waals surface area contributed by atoms with Gasteiger partial charge < -0.3 is 15.0 Å². The van der Waals surface area contributed by atoms with Gasteiger partial charge in [0.25, 0.3) is 0 Å². The Morgan fingerprint density at radius 1 is 1.27 bits per heavy atom. The average molecular weight is 216 g/mol. The van der Waals surface area contributed by atoms with Crippen molar-refractivity contribution >= 4 is 0 Å². The van der Waals surface area contributed by atoms with Gasteiger partial charge in [0.15, 0.2) is 0 Å². The van der Waals surface area contributed by atoms with E-state index in [1.54, 1.807) is 0 Å². The Hall–Kier alpha value is -0.120. The molecule has 0 aromatic rings. The first-order valence-electron chi connectivity index (χ1n) is 6.13. The number of nitrogens with zero attached hydrogens (tertiary/aromatic N) is 1. The molecule has 0 rings (SSSR count). The quantitative estimate of drug-likeness (QED) is 0.563. The van der Waals surface area contributed by atoms with Gasteiger partial charge in [0.2, 0.25) is 0 Å². The molecule has 0 aromatic heterocycles. The molecule has 0 aliphatic rings. The highest BCUT2D eigenvalue weighted by molar-refractivity contribution is 4.54. The van der Waals surface area contributed by atoms with Gasteiger partial charge in [0.05, 0.1) is 6.10 Å². The number of hydrogen-bond acceptors (Lipinski definition) is 3. The molecule has 0 radical (unpaired) electrons. The van der Waals surface area contributed by atoms with Crippen molar-refractivity contribution in [1.29, 1.82) is 0 Å². The maximum absolute atomic E-state index is 5.71. The lowest BCUT2D eigenvalue weighted by Crippen LogP contribution is -2.22. The third-order valence-electron chi connectivity index (χ3n) is 2.31. The lowest BCUT2D eigenvalue weighted by molar-refractivity contribution is 0.0558. The van der Waals surface area contributed by atoms with Gasteiger partial charge in [-0.25, -0.2) is 0 Å². The van der Waals surface area contributed by atoms with E-state index in [9.17, 15) is 0 Å². The molecule has 15 heavy (non-hydrogen) atoms. The summed E-state index contributed by atoms with van der Waals surface area (Å²) in [7, 11) is 4.19. The lowest BCUT2D eigenvalue weighted by atomic mass is 10.3. The van der Waals surface area contributed by atoms with Crippen LogP contribution in [0.15, 0.2) is 0 Å². The van der Waals surface area contributed by atoms with E-state index < -0.39 is 0 Å². The number of ether oxygens (including phenoxy) is 1. The minimum atomic E-state index is 0.386. The van der Waals surface area contributed by atoms with Crippen LogP contribution in [0.1, 0.15) is 33.1 Å². The van der Waals surface area contributed by atoms with Crippen molar-refractivity contribution in [3.05, 3.63) is 0 Å². The van der Waals surface area contributed by atoms with E-state index in [0.29, 0.717) is 6.10 Å². The van der Waals surface area contributed by atoms with Crippen molar-refractivity contribution < 1.29 is 4.74 Å². The van der Waals surface area contributed by atoms with Gasteiger partial charge in [-0.1, -0.05) is 6.92 Å². The summed E-state index contributed by atoms with van der Waals surface area (Å²) in [4.78, 5) is 2.19. The molecule has 0 aliphatic carbocycles. The molecule has 0 heterocycles. The van der Waals surface area contributed by atoms with Crippen LogP contribution in [-0.4, -0.2) is 51.3 Å². The van der Waals surface area contributed by atoms with Crippen LogP contribution < -0.4 is 5.32 Å². The van der Waals surface area contributed by atoms with Crippen LogP contribution in [-0.2, 0) is 4.74 Å². The van der Waals surface area contributed by atoms with E-state index >= 15 is 0 Å². The molecular weight excluding hydrogens is 188 g/mol. The van der Waals surface area contributed by atoms with Crippen molar-refractivity contribution in [2.24, 2.45) is 0 Å². The Bertz CT molecular complexity index is 129. The first-order valence-corrected chi connectivity index (χ1v) is 6.13. The normalized spacial score (nSPS) is 13.4. The Morgan fingerprint density at radius 3 is 2.60 bits per heavy atom. The fourth-order valence-corrected chi connectivity index (χ4v) is 1.36. The zero-order valence-corrected chi connectivity index (χ0v) is 10.9. The molecule has 0 aromatic carbocycles. The Kier molecular flexibility index (Phi) is 10.3. The number of rotatable bonds is 10. The van der Waals surface area contributed by atoms with Crippen LogP contribution in [0.25, 0.3) is 0 Å². The van der Waals surface area contributed by atoms with Gasteiger partial charge in [0, 0.05) is 6.61 Å². The Labute approximate surface area is 95.2 Å². The van der Waals surface area contributed by atoms with Crippen molar-refractivity contribution in [3.8, 4) is 0 Å². The standard InChI is InChI=1S/C12H28N2O/c1-5-8-13-9-7-12(2)15-11-6-10-14(3)4/h12-13H,5-11H2,1-4H3. The zero-order valence-electron chi connectivity index (χ0n) is 10.9. The van der Waals surface area contributed by atoms with Crippen LogP contribution in [0.4, 0.5) is 0 Å². The molecule has 3 nitrogen and oxygen atoms in total. The van der Waals surface area contributed by atoms with Gasteiger partial charge in [-0.15, -0.1) is 0 Å². The smallest absolute Gasteiger partial charge is 0.0559 e. The van der Waals surface area contributed by atoms with E-state index in [0.717, 1.165) is 39.1 Å². The lowest BCUT2D eigenvalue weighted by Gasteiger charge is -2.14. The molecule has 0 saturated heterocycles. The highest BCUT2D eigenvalue weighted by Gasteiger charge is 2.01. The molecule has 0 aliphatic heterocycles. The summed E-state index contributed by atoms with van der Waals surface area (Å²) in [5, 5.41) is 3.39. The average Bonchev–Trinajstić information content (AvgIpc) is 2.19. The van der Waals surface area contributed by atoms with Crippen LogP contribution in [0.3, 0.4) is 0 Å². The SMILES string of the molecule is CCCNCCC(C)OCCCN(C)C. The Balaban J connectivity index is 3.15. The largest absolute Gasteiger partial charge is 0.378 e. The van der Waals surface area contributed by atoms with E-state index in [1.807, 2.05) is 0 Å². The van der Waals surface area contributed by atoms with Crippen LogP contribution in [0.2, 0.25) is 0 Å². The molecule has 3 heteroatoms. The molecule has 1 atom stereocenters. The second kappa shape index (κ2) is 10.4. The summed E-state index contributed by atoms with van der Waals surface area (Å²) in [6.07, 6.45) is 3.83. The summed E-state index contributed by atoms with van der Waals surface area (Å²) in [6, 6.07) is 0. The fourth-order valence-electron chi connectivity index (χ4n) is 1.36. The molecule has 0 saturated carbocycles. The first kappa shape index (κ1) is 14.9. The summed E-state index contributed by atoms with van der Waals surface area (Å²) in [5.41, 5.74) is 0. The van der Waals surface area contributed by atoms with Crippen molar-refractivity contribution in [3.63, 3.8) is 0 Å². The van der Waals surface area contributed by atoms with E-state index in [2.05, 4.69) is 38.2 Å². The monoisotopic (exact) mass is 216 g/mol. The summed E-state index contributed by atoms with van der Waals surface area (Å²) >= 11 is 0. The second-order valence-electron chi connectivity index (χ2n) is 4.38. The third-order valence-corrected chi connectivity index (χ3v) is 2.31. The fraction of sp³-hybridized carbons (Fsp3) is 1.00. The number of nitrogens with one attached hydrogen (secondary N) is 1. The molecule has 0 amide bonds. The maximum Gasteiger partial charge on any atom is 0.0559 e. The van der Waals surface area contributed by atoms with Crippen molar-refractivity contribution in [2.45, 2.75) is 39.2 Å². The topological polar surface area (TPSA) is 24.5 Å². The predicted molar refractivity (Wildman–Crippen MR) is 66.4 cm³/mol. The zero-order chi connectivity index (χ0) is 11.5. The van der Waals surface area contributed by atoms with Crippen LogP contribution in [0, 0.1) is 0 Å². The Morgan fingerprint density at radius 2 is 2.00 bits per heavy atom. The third kappa shape index (κ3) is 11.8. The highest BCUT2D eigenvalue weighted by atomic mass is 16.5. The molecule has 1 unspecified atom stereocenters. The molecular formula is C12H28N2O. The van der Waals surface area contributed by atoms with E-state index in [4.69, 9.17) is 4.74 Å². The van der Waals surface area contributed by atoms with Crippen molar-refractivity contribution in [1.82, 2.24) is 10.2 Å². The highest BCUT2D eigenvalue weighted by Crippen LogP contribution is 1.97. The summed E-state index contributed by atoms with van der Waals surface area (Å²) < 4.78 is 5.71. The van der Waals surface area contributed by atoms with Crippen LogP contribution >= 0.6 is 0 Å². The summed E-state index contributed by atoms with van der Waals surface area (Å²) in [6.45, 7) is 8.53. The van der Waals surface area contributed by atoms with E-state index in [-0.39, 0.29) is 0 Å². The van der Waals surface area contributed by atoms with Crippen molar-refractivity contribution in [2.75, 3.05) is 40.3 Å². The van der Waals surface area contributed by atoms with E-state index in [1.165, 1.54) is 6.42 Å². The number of hydrogen-bond donors (Lipinski definition) is 1. The van der Waals surface area contributed by atoms with Gasteiger partial charge in [0.1, 0.15) is 0 Å². The maximum atomic E-state index is 5.71. The minimum Gasteiger partial charge on any atom is -0.378 e. The molecule has 92 valence electrons. The predicted octanol–water partition coefficient (Wildman–Crippen LogP) is 1.73. The van der Waals surface area contributed by atoms with Gasteiger partial charge in [-0.3, -0.25) is 0 Å². The van der Waals surface area contributed by atoms with Gasteiger partial charge >= 0.3 is 0 Å². The van der Waals surface area contributed by atoms with Gasteiger partial charge in [-0.05, 0) is 59.9 Å². The second-order valence-corrected chi connectivity index (χ2v) is 4.38. The minimum absolute atomic E-state index is 0.386. The van der Waals surface area contributed by atoms with Gasteiger partial charge in [-0.2, -0.15) is 0 Å². The molecule has 0 fully saturated rings. The molecule has 1 N–H and O–H groups in total. The first-order chi connectivity index (χ1) is 7.16.